The van der Waals surface area contributed by atoms with Crippen LogP contribution in [0.1, 0.15) is 38.4 Å². The number of benzene rings is 1. The molecule has 0 atom stereocenters. The Bertz CT molecular complexity index is 684. The molecule has 2 N–H and O–H groups in total. The van der Waals surface area contributed by atoms with Crippen LogP contribution in [0.15, 0.2) is 28.8 Å². The Kier molecular flexibility index (Phi) is 6.00. The number of aromatic nitrogens is 2. The lowest BCUT2D eigenvalue weighted by Crippen LogP contribution is -2.35. The van der Waals surface area contributed by atoms with Crippen molar-refractivity contribution in [3.05, 3.63) is 30.1 Å². The Hall–Kier alpha value is -2.26. The summed E-state index contributed by atoms with van der Waals surface area (Å²) in [6, 6.07) is 7.38. The molecule has 2 heterocycles. The molecule has 26 heavy (non-hydrogen) atoms. The van der Waals surface area contributed by atoms with E-state index in [4.69, 9.17) is 24.0 Å². The molecular weight excluding hydrogens is 337 g/mol. The van der Waals surface area contributed by atoms with Crippen LogP contribution in [-0.2, 0) is 0 Å². The Balaban J connectivity index is 1.43. The van der Waals surface area contributed by atoms with Gasteiger partial charge in [0, 0.05) is 19.0 Å². The van der Waals surface area contributed by atoms with Crippen molar-refractivity contribution in [2.45, 2.75) is 32.6 Å². The lowest BCUT2D eigenvalue weighted by Gasteiger charge is -2.30. The van der Waals surface area contributed by atoms with Crippen LogP contribution in [0, 0.1) is 5.92 Å². The maximum atomic E-state index is 8.76. The van der Waals surface area contributed by atoms with Crippen molar-refractivity contribution in [2.75, 3.05) is 24.6 Å². The fourth-order valence-electron chi connectivity index (χ4n) is 2.83. The number of rotatable bonds is 7. The molecule has 9 heteroatoms. The van der Waals surface area contributed by atoms with Crippen molar-refractivity contribution in [3.63, 3.8) is 0 Å². The quantitative estimate of drug-likeness (QED) is 0.721. The number of nitrogens with zero attached hydrogens (tertiary/aromatic N) is 3. The Morgan fingerprint density at radius 2 is 1.85 bits per heavy atom. The van der Waals surface area contributed by atoms with E-state index >= 15 is 0 Å². The third kappa shape index (κ3) is 4.89. The molecule has 1 aliphatic heterocycles. The van der Waals surface area contributed by atoms with E-state index in [0.717, 1.165) is 37.5 Å². The van der Waals surface area contributed by atoms with Gasteiger partial charge in [-0.3, -0.25) is 0 Å². The average Bonchev–Trinajstić information content (AvgIpc) is 3.12. The number of anilines is 1. The molecule has 1 saturated heterocycles. The monoisotopic (exact) mass is 361 g/mol. The van der Waals surface area contributed by atoms with Gasteiger partial charge in [0.2, 0.25) is 0 Å². The zero-order valence-electron chi connectivity index (χ0n) is 15.0. The highest BCUT2D eigenvalue weighted by molar-refractivity contribution is 6.33. The average molecular weight is 361 g/mol. The van der Waals surface area contributed by atoms with E-state index in [1.165, 1.54) is 0 Å². The summed E-state index contributed by atoms with van der Waals surface area (Å²) in [6.45, 7) is 6.47. The van der Waals surface area contributed by atoms with Gasteiger partial charge < -0.3 is 28.9 Å². The van der Waals surface area contributed by atoms with Gasteiger partial charge in [-0.15, -0.1) is 0 Å². The van der Waals surface area contributed by atoms with Crippen molar-refractivity contribution < 1.29 is 24.0 Å². The smallest absolute Gasteiger partial charge is 0.512 e. The molecule has 1 aliphatic rings. The molecule has 0 amide bonds. The molecule has 3 rings (SSSR count). The van der Waals surface area contributed by atoms with E-state index in [9.17, 15) is 0 Å². The maximum Gasteiger partial charge on any atom is 0.707 e. The first kappa shape index (κ1) is 18.5. The maximum absolute atomic E-state index is 8.76. The summed E-state index contributed by atoms with van der Waals surface area (Å²) in [4.78, 5) is 6.58. The Labute approximate surface area is 152 Å². The Morgan fingerprint density at radius 3 is 2.42 bits per heavy atom. The van der Waals surface area contributed by atoms with Gasteiger partial charge in [0.05, 0.1) is 6.61 Å². The Morgan fingerprint density at radius 1 is 1.19 bits per heavy atom. The minimum Gasteiger partial charge on any atom is -0.512 e. The first-order valence-electron chi connectivity index (χ1n) is 8.85. The van der Waals surface area contributed by atoms with Crippen molar-refractivity contribution >= 4 is 13.3 Å². The van der Waals surface area contributed by atoms with Crippen molar-refractivity contribution in [3.8, 4) is 11.5 Å². The fourth-order valence-corrected chi connectivity index (χ4v) is 2.83. The van der Waals surface area contributed by atoms with Crippen LogP contribution in [0.25, 0.3) is 0 Å². The van der Waals surface area contributed by atoms with Crippen LogP contribution in [0.4, 0.5) is 6.01 Å². The van der Waals surface area contributed by atoms with Gasteiger partial charge in [-0.25, -0.2) is 0 Å². The summed E-state index contributed by atoms with van der Waals surface area (Å²) in [6.07, 6.45) is 1.99. The molecule has 0 bridgehead atoms. The predicted octanol–water partition coefficient (Wildman–Crippen LogP) is 1.84. The molecular formula is C17H24BN3O5. The topological polar surface area (TPSA) is 101 Å². The molecule has 1 aromatic heterocycles. The highest BCUT2D eigenvalue weighted by atomic mass is 16.6. The van der Waals surface area contributed by atoms with E-state index < -0.39 is 7.32 Å². The second-order valence-corrected chi connectivity index (χ2v) is 6.75. The van der Waals surface area contributed by atoms with Crippen LogP contribution >= 0.6 is 0 Å². The third-order valence-corrected chi connectivity index (χ3v) is 4.38. The number of ether oxygens (including phenoxy) is 1. The molecule has 0 unspecified atom stereocenters. The highest BCUT2D eigenvalue weighted by Gasteiger charge is 2.24. The molecule has 0 spiro atoms. The van der Waals surface area contributed by atoms with Gasteiger partial charge in [-0.2, -0.15) is 4.98 Å². The van der Waals surface area contributed by atoms with Gasteiger partial charge in [-0.05, 0) is 43.0 Å². The minimum atomic E-state index is -1.82. The summed E-state index contributed by atoms with van der Waals surface area (Å²) < 4.78 is 16.0. The fraction of sp³-hybridized carbons (Fsp3) is 0.529. The summed E-state index contributed by atoms with van der Waals surface area (Å²) in [5, 5.41) is 21.5. The number of hydrogen-bond acceptors (Lipinski definition) is 8. The molecule has 1 aromatic carbocycles. The van der Waals surface area contributed by atoms with Crippen molar-refractivity contribution in [1.29, 1.82) is 0 Å². The normalized spacial score (nSPS) is 15.3. The first-order valence-corrected chi connectivity index (χ1v) is 8.85. The summed E-state index contributed by atoms with van der Waals surface area (Å²) in [7, 11) is -1.82. The van der Waals surface area contributed by atoms with E-state index in [0.29, 0.717) is 24.3 Å². The van der Waals surface area contributed by atoms with Crippen LogP contribution in [0.2, 0.25) is 0 Å². The third-order valence-electron chi connectivity index (χ3n) is 4.38. The summed E-state index contributed by atoms with van der Waals surface area (Å²) >= 11 is 0. The van der Waals surface area contributed by atoms with E-state index in [1.807, 2.05) is 13.8 Å². The lowest BCUT2D eigenvalue weighted by molar-refractivity contribution is 0.220. The van der Waals surface area contributed by atoms with Crippen molar-refractivity contribution in [1.82, 2.24) is 10.1 Å². The molecule has 0 radical (unpaired) electrons. The molecule has 0 saturated carbocycles. The zero-order valence-corrected chi connectivity index (χ0v) is 15.0. The van der Waals surface area contributed by atoms with Gasteiger partial charge in [-0.1, -0.05) is 19.0 Å². The number of piperidine rings is 1. The predicted molar refractivity (Wildman–Crippen MR) is 96.1 cm³/mol. The van der Waals surface area contributed by atoms with Crippen molar-refractivity contribution in [2.24, 2.45) is 5.92 Å². The second kappa shape index (κ2) is 8.42. The lowest BCUT2D eigenvalue weighted by atomic mass is 9.98. The molecule has 8 nitrogen and oxygen atoms in total. The molecule has 0 aliphatic carbocycles. The minimum absolute atomic E-state index is 0.260. The molecule has 1 fully saturated rings. The molecule has 140 valence electrons. The highest BCUT2D eigenvalue weighted by Crippen LogP contribution is 2.25. The number of hydrogen-bond donors (Lipinski definition) is 2. The van der Waals surface area contributed by atoms with E-state index in [1.54, 1.807) is 24.3 Å². The summed E-state index contributed by atoms with van der Waals surface area (Å²) in [5.74, 6) is 2.57. The SMILES string of the molecule is CC(C)c1noc(N2CCC(COc3ccc(OB(O)O)cc3)CC2)n1. The van der Waals surface area contributed by atoms with Gasteiger partial charge in [0.25, 0.3) is 0 Å². The largest absolute Gasteiger partial charge is 0.707 e. The van der Waals surface area contributed by atoms with Gasteiger partial charge in [0.1, 0.15) is 11.5 Å². The van der Waals surface area contributed by atoms with E-state index in [2.05, 4.69) is 15.0 Å². The van der Waals surface area contributed by atoms with Crippen LogP contribution in [0.3, 0.4) is 0 Å². The molecule has 2 aromatic rings. The zero-order chi connectivity index (χ0) is 18.5. The standard InChI is InChI=1S/C17H24BN3O5/c1-12(2)16-19-17(26-20-16)21-9-7-13(8-10-21)11-24-14-3-5-15(6-4-14)25-18(22)23/h3-6,12-13,22-23H,7-11H2,1-2H3. The van der Waals surface area contributed by atoms with Gasteiger partial charge in [0.15, 0.2) is 5.82 Å². The second-order valence-electron chi connectivity index (χ2n) is 6.75. The first-order chi connectivity index (χ1) is 12.5. The summed E-state index contributed by atoms with van der Waals surface area (Å²) in [5.41, 5.74) is 0. The van der Waals surface area contributed by atoms with Crippen LogP contribution < -0.4 is 14.3 Å². The van der Waals surface area contributed by atoms with E-state index in [-0.39, 0.29) is 5.92 Å². The van der Waals surface area contributed by atoms with Crippen LogP contribution in [-0.4, -0.2) is 47.2 Å². The van der Waals surface area contributed by atoms with Crippen LogP contribution in [0.5, 0.6) is 11.5 Å². The van der Waals surface area contributed by atoms with Gasteiger partial charge >= 0.3 is 13.3 Å².